The average Bonchev–Trinajstić information content (AvgIpc) is 3.03. The van der Waals surface area contributed by atoms with Crippen LogP contribution in [0.15, 0.2) is 10.6 Å². The molecular formula is C15H26N2O2. The van der Waals surface area contributed by atoms with Gasteiger partial charge in [-0.25, -0.2) is 4.98 Å². The van der Waals surface area contributed by atoms with E-state index in [1.807, 2.05) is 13.2 Å². The number of likely N-dealkylation sites (N-methyl/N-ethyl adjacent to an activating group) is 1. The van der Waals surface area contributed by atoms with E-state index in [4.69, 9.17) is 4.42 Å². The maximum Gasteiger partial charge on any atom is 0.211 e. The summed E-state index contributed by atoms with van der Waals surface area (Å²) in [5, 5.41) is 10.00. The zero-order valence-corrected chi connectivity index (χ0v) is 12.7. The topological polar surface area (TPSA) is 49.5 Å². The first-order chi connectivity index (χ1) is 8.79. The average molecular weight is 266 g/mol. The van der Waals surface area contributed by atoms with Crippen LogP contribution in [0.1, 0.15) is 58.2 Å². The van der Waals surface area contributed by atoms with Gasteiger partial charge in [0, 0.05) is 12.0 Å². The van der Waals surface area contributed by atoms with Gasteiger partial charge in [0.25, 0.3) is 0 Å². The minimum absolute atomic E-state index is 0.0168. The maximum absolute atomic E-state index is 10.00. The molecule has 108 valence electrons. The number of aliphatic hydroxyl groups excluding tert-OH is 1. The normalized spacial score (nSPS) is 19.7. The van der Waals surface area contributed by atoms with E-state index < -0.39 is 0 Å². The van der Waals surface area contributed by atoms with Crippen molar-refractivity contribution in [3.63, 3.8) is 0 Å². The third kappa shape index (κ3) is 3.57. The van der Waals surface area contributed by atoms with Crippen molar-refractivity contribution in [1.82, 2.24) is 9.88 Å². The molecule has 0 saturated heterocycles. The molecule has 1 aliphatic carbocycles. The lowest BCUT2D eigenvalue weighted by Crippen LogP contribution is -2.32. The Balaban J connectivity index is 1.97. The number of nitrogens with zero attached hydrogens (tertiary/aromatic N) is 2. The van der Waals surface area contributed by atoms with Crippen LogP contribution in [-0.2, 0) is 5.41 Å². The lowest BCUT2D eigenvalue weighted by Gasteiger charge is -2.25. The van der Waals surface area contributed by atoms with E-state index in [-0.39, 0.29) is 17.6 Å². The van der Waals surface area contributed by atoms with Crippen molar-refractivity contribution in [3.05, 3.63) is 17.8 Å². The van der Waals surface area contributed by atoms with Crippen LogP contribution >= 0.6 is 0 Å². The second kappa shape index (κ2) is 5.25. The number of hydrogen-bond acceptors (Lipinski definition) is 4. The number of aromatic nitrogens is 1. The Bertz CT molecular complexity index is 418. The highest BCUT2D eigenvalue weighted by Gasteiger charge is 2.32. The SMILES string of the molecule is CC(c1ncc(C(C)(C)C)o1)N(C)CC(O)C1CC1. The summed E-state index contributed by atoms with van der Waals surface area (Å²) < 4.78 is 5.85. The highest BCUT2D eigenvalue weighted by atomic mass is 16.4. The van der Waals surface area contributed by atoms with Gasteiger partial charge in [0.15, 0.2) is 0 Å². The quantitative estimate of drug-likeness (QED) is 0.890. The van der Waals surface area contributed by atoms with E-state index in [0.717, 1.165) is 24.5 Å². The van der Waals surface area contributed by atoms with Crippen molar-refractivity contribution >= 4 is 0 Å². The van der Waals surface area contributed by atoms with Crippen LogP contribution in [0.2, 0.25) is 0 Å². The molecule has 0 bridgehead atoms. The van der Waals surface area contributed by atoms with Gasteiger partial charge in [-0.1, -0.05) is 20.8 Å². The Morgan fingerprint density at radius 2 is 2.11 bits per heavy atom. The molecule has 0 amide bonds. The monoisotopic (exact) mass is 266 g/mol. The van der Waals surface area contributed by atoms with Crippen LogP contribution in [-0.4, -0.2) is 34.7 Å². The fourth-order valence-corrected chi connectivity index (χ4v) is 2.10. The third-order valence-corrected chi connectivity index (χ3v) is 3.92. The van der Waals surface area contributed by atoms with E-state index in [0.29, 0.717) is 12.5 Å². The summed E-state index contributed by atoms with van der Waals surface area (Å²) in [5.74, 6) is 2.14. The van der Waals surface area contributed by atoms with Gasteiger partial charge in [0.2, 0.25) is 5.89 Å². The summed E-state index contributed by atoms with van der Waals surface area (Å²) in [6.45, 7) is 9.09. The van der Waals surface area contributed by atoms with Gasteiger partial charge < -0.3 is 9.52 Å². The smallest absolute Gasteiger partial charge is 0.211 e. The molecule has 2 atom stereocenters. The van der Waals surface area contributed by atoms with Crippen LogP contribution < -0.4 is 0 Å². The van der Waals surface area contributed by atoms with Crippen LogP contribution in [0, 0.1) is 5.92 Å². The molecule has 1 aromatic rings. The molecule has 1 fully saturated rings. The molecule has 1 N–H and O–H groups in total. The first-order valence-corrected chi connectivity index (χ1v) is 7.13. The second-order valence-electron chi connectivity index (χ2n) is 6.83. The molecule has 4 heteroatoms. The summed E-state index contributed by atoms with van der Waals surface area (Å²) in [5.41, 5.74) is -0.0168. The van der Waals surface area contributed by atoms with Gasteiger partial charge >= 0.3 is 0 Å². The standard InChI is InChI=1S/C15H26N2O2/c1-10(17(5)9-12(18)11-6-7-11)14-16-8-13(19-14)15(2,3)4/h8,10-12,18H,6-7,9H2,1-5H3. The largest absolute Gasteiger partial charge is 0.443 e. The zero-order valence-electron chi connectivity index (χ0n) is 12.7. The molecule has 1 aliphatic rings. The fraction of sp³-hybridized carbons (Fsp3) is 0.800. The van der Waals surface area contributed by atoms with Crippen molar-refractivity contribution in [2.24, 2.45) is 5.92 Å². The predicted octanol–water partition coefficient (Wildman–Crippen LogP) is 2.74. The van der Waals surface area contributed by atoms with Gasteiger partial charge in [0.1, 0.15) is 5.76 Å². The Kier molecular flexibility index (Phi) is 4.02. The van der Waals surface area contributed by atoms with Crippen LogP contribution in [0.3, 0.4) is 0 Å². The highest BCUT2D eigenvalue weighted by molar-refractivity contribution is 5.07. The number of hydrogen-bond donors (Lipinski definition) is 1. The van der Waals surface area contributed by atoms with E-state index in [9.17, 15) is 5.11 Å². The molecule has 2 rings (SSSR count). The molecule has 0 spiro atoms. The summed E-state index contributed by atoms with van der Waals surface area (Å²) in [7, 11) is 2.01. The van der Waals surface area contributed by atoms with Crippen molar-refractivity contribution < 1.29 is 9.52 Å². The minimum Gasteiger partial charge on any atom is -0.443 e. The molecule has 4 nitrogen and oxygen atoms in total. The molecule has 1 saturated carbocycles. The molecule has 19 heavy (non-hydrogen) atoms. The van der Waals surface area contributed by atoms with Crippen molar-refractivity contribution in [1.29, 1.82) is 0 Å². The Morgan fingerprint density at radius 3 is 2.58 bits per heavy atom. The summed E-state index contributed by atoms with van der Waals surface area (Å²) in [4.78, 5) is 6.49. The first-order valence-electron chi connectivity index (χ1n) is 7.13. The highest BCUT2D eigenvalue weighted by Crippen LogP contribution is 2.34. The molecule has 1 heterocycles. The van der Waals surface area contributed by atoms with Crippen LogP contribution in [0.4, 0.5) is 0 Å². The second-order valence-corrected chi connectivity index (χ2v) is 6.83. The van der Waals surface area contributed by atoms with Crippen LogP contribution in [0.25, 0.3) is 0 Å². The van der Waals surface area contributed by atoms with E-state index in [2.05, 4.69) is 37.6 Å². The molecule has 0 radical (unpaired) electrons. The maximum atomic E-state index is 10.00. The Labute approximate surface area is 115 Å². The summed E-state index contributed by atoms with van der Waals surface area (Å²) in [6.07, 6.45) is 3.92. The van der Waals surface area contributed by atoms with Gasteiger partial charge in [-0.05, 0) is 32.7 Å². The number of aliphatic hydroxyl groups is 1. The van der Waals surface area contributed by atoms with Gasteiger partial charge in [-0.3, -0.25) is 4.90 Å². The number of rotatable bonds is 5. The van der Waals surface area contributed by atoms with Gasteiger partial charge in [-0.2, -0.15) is 0 Å². The van der Waals surface area contributed by atoms with Crippen LogP contribution in [0.5, 0.6) is 0 Å². The first kappa shape index (κ1) is 14.5. The zero-order chi connectivity index (χ0) is 14.2. The number of oxazole rings is 1. The van der Waals surface area contributed by atoms with E-state index in [1.165, 1.54) is 0 Å². The molecule has 0 aromatic carbocycles. The van der Waals surface area contributed by atoms with E-state index >= 15 is 0 Å². The van der Waals surface area contributed by atoms with Gasteiger partial charge in [0.05, 0.1) is 18.3 Å². The predicted molar refractivity (Wildman–Crippen MR) is 75.0 cm³/mol. The Hall–Kier alpha value is -0.870. The van der Waals surface area contributed by atoms with E-state index in [1.54, 1.807) is 0 Å². The fourth-order valence-electron chi connectivity index (χ4n) is 2.10. The molecular weight excluding hydrogens is 240 g/mol. The Morgan fingerprint density at radius 1 is 1.47 bits per heavy atom. The molecule has 2 unspecified atom stereocenters. The van der Waals surface area contributed by atoms with Crippen molar-refractivity contribution in [3.8, 4) is 0 Å². The van der Waals surface area contributed by atoms with Crippen molar-refractivity contribution in [2.75, 3.05) is 13.6 Å². The molecule has 0 aliphatic heterocycles. The summed E-state index contributed by atoms with van der Waals surface area (Å²) in [6, 6.07) is 0.0875. The minimum atomic E-state index is -0.218. The third-order valence-electron chi connectivity index (χ3n) is 3.92. The molecule has 1 aromatic heterocycles. The van der Waals surface area contributed by atoms with Crippen molar-refractivity contribution in [2.45, 2.75) is 58.1 Å². The van der Waals surface area contributed by atoms with Gasteiger partial charge in [-0.15, -0.1) is 0 Å². The lowest BCUT2D eigenvalue weighted by atomic mass is 9.94. The lowest BCUT2D eigenvalue weighted by molar-refractivity contribution is 0.0844. The summed E-state index contributed by atoms with van der Waals surface area (Å²) >= 11 is 0.